The maximum Gasteiger partial charge on any atom is 0.135 e. The number of fused-ring (bicyclic) bond motifs is 5. The van der Waals surface area contributed by atoms with Gasteiger partial charge < -0.3 is 4.42 Å². The van der Waals surface area contributed by atoms with Crippen molar-refractivity contribution in [3.05, 3.63) is 170 Å². The second-order valence-corrected chi connectivity index (χ2v) is 10.7. The van der Waals surface area contributed by atoms with E-state index in [0.717, 1.165) is 38.2 Å². The van der Waals surface area contributed by atoms with Gasteiger partial charge >= 0.3 is 0 Å². The number of rotatable bonds is 4. The molecular weight excluding hydrogens is 544 g/mol. The molecule has 0 saturated heterocycles. The van der Waals surface area contributed by atoms with Gasteiger partial charge in [-0.25, -0.2) is 0 Å². The first-order valence-electron chi connectivity index (χ1n) is 20.5. The Kier molecular flexibility index (Phi) is 3.74. The Labute approximate surface area is 278 Å². The predicted octanol–water partition coefficient (Wildman–Crippen LogP) is 12.6. The van der Waals surface area contributed by atoms with E-state index in [2.05, 4.69) is 0 Å². The van der Waals surface area contributed by atoms with E-state index in [9.17, 15) is 1.37 Å². The molecule has 9 rings (SSSR count). The van der Waals surface area contributed by atoms with Crippen LogP contribution in [0.4, 0.5) is 0 Å². The molecule has 1 aromatic heterocycles. The third kappa shape index (κ3) is 4.17. The van der Waals surface area contributed by atoms with Crippen molar-refractivity contribution in [3.63, 3.8) is 0 Å². The molecule has 0 spiro atoms. The summed E-state index contributed by atoms with van der Waals surface area (Å²) >= 11 is 0. The fraction of sp³-hybridized carbons (Fsp3) is 0. The van der Waals surface area contributed by atoms with Crippen LogP contribution < -0.4 is 0 Å². The second-order valence-electron chi connectivity index (χ2n) is 10.7. The lowest BCUT2D eigenvalue weighted by Crippen LogP contribution is -1.92. The van der Waals surface area contributed by atoms with Crippen LogP contribution in [0.3, 0.4) is 0 Å². The van der Waals surface area contributed by atoms with Crippen LogP contribution in [0.2, 0.25) is 0 Å². The first-order valence-corrected chi connectivity index (χ1v) is 14.5. The Hall–Kier alpha value is -5.92. The van der Waals surface area contributed by atoms with Crippen molar-refractivity contribution in [1.29, 1.82) is 0 Å². The molecule has 1 heteroatoms. The van der Waals surface area contributed by atoms with Gasteiger partial charge in [0.05, 0.1) is 16.4 Å². The fourth-order valence-corrected chi connectivity index (χ4v) is 6.31. The van der Waals surface area contributed by atoms with Crippen LogP contribution in [-0.2, 0) is 0 Å². The van der Waals surface area contributed by atoms with Crippen molar-refractivity contribution in [2.75, 3.05) is 0 Å². The molecule has 0 N–H and O–H groups in total. The molecule has 9 aromatic rings. The molecule has 0 aliphatic rings. The molecule has 0 saturated carbocycles. The first-order chi connectivity index (χ1) is 27.3. The lowest BCUT2D eigenvalue weighted by molar-refractivity contribution is 0.669. The summed E-state index contributed by atoms with van der Waals surface area (Å²) in [5.74, 6) is 0. The number of hydrogen-bond acceptors (Lipinski definition) is 1. The molecule has 0 aliphatic heterocycles. The normalized spacial score (nSPS) is 15.3. The molecular formula is C44H28O. The molecule has 45 heavy (non-hydrogen) atoms. The van der Waals surface area contributed by atoms with E-state index in [0.29, 0.717) is 16.7 Å². The predicted molar refractivity (Wildman–Crippen MR) is 190 cm³/mol. The van der Waals surface area contributed by atoms with Crippen molar-refractivity contribution >= 4 is 43.5 Å². The third-order valence-electron chi connectivity index (χ3n) is 8.22. The zero-order chi connectivity index (χ0) is 40.2. The van der Waals surface area contributed by atoms with E-state index in [1.54, 1.807) is 18.2 Å². The highest BCUT2D eigenvalue weighted by Crippen LogP contribution is 2.46. The zero-order valence-corrected chi connectivity index (χ0v) is 23.6. The molecule has 0 fully saturated rings. The van der Waals surface area contributed by atoms with Crippen molar-refractivity contribution in [3.8, 4) is 44.5 Å². The lowest BCUT2D eigenvalue weighted by Gasteiger charge is -2.20. The van der Waals surface area contributed by atoms with Crippen molar-refractivity contribution < 1.29 is 20.9 Å². The Balaban J connectivity index is 1.32. The lowest BCUT2D eigenvalue weighted by atomic mass is 9.83. The minimum atomic E-state index is -0.494. The van der Waals surface area contributed by atoms with Crippen LogP contribution in [-0.4, -0.2) is 0 Å². The summed E-state index contributed by atoms with van der Waals surface area (Å²) in [5, 5.41) is 3.41. The summed E-state index contributed by atoms with van der Waals surface area (Å²) in [5.41, 5.74) is 3.93. The molecule has 0 unspecified atom stereocenters. The average molecular weight is 585 g/mol. The quantitative estimate of drug-likeness (QED) is 0.188. The van der Waals surface area contributed by atoms with Gasteiger partial charge in [0.2, 0.25) is 0 Å². The van der Waals surface area contributed by atoms with Crippen LogP contribution in [0.15, 0.2) is 174 Å². The highest BCUT2D eigenvalue weighted by Gasteiger charge is 2.19. The summed E-state index contributed by atoms with van der Waals surface area (Å²) in [6.45, 7) is 0. The van der Waals surface area contributed by atoms with Gasteiger partial charge in [-0.3, -0.25) is 0 Å². The van der Waals surface area contributed by atoms with E-state index < -0.39 is 36.3 Å². The van der Waals surface area contributed by atoms with Crippen LogP contribution in [0.1, 0.15) is 16.4 Å². The number of furan rings is 1. The summed E-state index contributed by atoms with van der Waals surface area (Å²) in [6.07, 6.45) is 0. The summed E-state index contributed by atoms with van der Waals surface area (Å²) in [7, 11) is 0. The maximum absolute atomic E-state index is 9.35. The van der Waals surface area contributed by atoms with E-state index in [4.69, 9.17) is 19.5 Å². The SMILES string of the molecule is [2H]c1c([2H])c([2H])c(-c2ccccc2-c2c3ccccc3c(-c3cccc(-c4c([2H])c([2H])c5oc6c([2H])c([2H])c([2H])c([2H])c6c5c4[2H])c3)c3ccccc23)c([2H])c1[2H]. The molecule has 1 nitrogen and oxygen atoms in total. The molecule has 0 amide bonds. The van der Waals surface area contributed by atoms with Crippen molar-refractivity contribution in [2.24, 2.45) is 0 Å². The highest BCUT2D eigenvalue weighted by molar-refractivity contribution is 6.22. The van der Waals surface area contributed by atoms with Crippen LogP contribution in [0.5, 0.6) is 0 Å². The summed E-state index contributed by atoms with van der Waals surface area (Å²) in [4.78, 5) is 0. The first kappa shape index (κ1) is 16.2. The van der Waals surface area contributed by atoms with Gasteiger partial charge in [0.25, 0.3) is 0 Å². The topological polar surface area (TPSA) is 13.1 Å². The monoisotopic (exact) mass is 584 g/mol. The Morgan fingerprint density at radius 3 is 1.73 bits per heavy atom. The van der Waals surface area contributed by atoms with Gasteiger partial charge in [0.15, 0.2) is 0 Å². The molecule has 8 aromatic carbocycles. The standard InChI is InChI=1S/C44H28O/c1-2-13-29(14-3-1)33-17-4-5-19-35(33)44-38-22-8-6-20-36(38)43(37-21-7-9-23-39(37)44)32-16-12-15-30(27-32)31-25-26-42-40(28-31)34-18-10-11-24-41(34)45-42/h1-28H/i1D,2D,3D,10D,11D,13D,14D,18D,24D,25D,26D,28D. The number of benzene rings is 8. The van der Waals surface area contributed by atoms with Crippen molar-refractivity contribution in [1.82, 2.24) is 0 Å². The van der Waals surface area contributed by atoms with E-state index >= 15 is 0 Å². The molecule has 0 aliphatic carbocycles. The zero-order valence-electron chi connectivity index (χ0n) is 35.6. The second kappa shape index (κ2) is 10.4. The molecule has 1 heterocycles. The largest absolute Gasteiger partial charge is 0.456 e. The summed E-state index contributed by atoms with van der Waals surface area (Å²) in [6, 6.07) is 25.8. The third-order valence-corrected chi connectivity index (χ3v) is 8.22. The Bertz CT molecular complexity index is 3140. The van der Waals surface area contributed by atoms with E-state index in [1.165, 1.54) is 0 Å². The fourth-order valence-electron chi connectivity index (χ4n) is 6.31. The van der Waals surface area contributed by atoms with Gasteiger partial charge in [-0.1, -0.05) is 145 Å². The molecule has 0 radical (unpaired) electrons. The van der Waals surface area contributed by atoms with Crippen molar-refractivity contribution in [2.45, 2.75) is 0 Å². The van der Waals surface area contributed by atoms with Gasteiger partial charge in [0, 0.05) is 10.8 Å². The Morgan fingerprint density at radius 1 is 0.378 bits per heavy atom. The molecule has 0 atom stereocenters. The smallest absolute Gasteiger partial charge is 0.135 e. The molecule has 0 bridgehead atoms. The minimum absolute atomic E-state index is 0.0108. The van der Waals surface area contributed by atoms with Gasteiger partial charge in [0.1, 0.15) is 11.2 Å². The number of para-hydroxylation sites is 1. The van der Waals surface area contributed by atoms with Gasteiger partial charge in [-0.05, 0) is 90.2 Å². The Morgan fingerprint density at radius 2 is 0.978 bits per heavy atom. The van der Waals surface area contributed by atoms with Gasteiger partial charge in [-0.15, -0.1) is 0 Å². The number of hydrogen-bond donors (Lipinski definition) is 0. The van der Waals surface area contributed by atoms with E-state index in [-0.39, 0.29) is 69.3 Å². The molecule has 210 valence electrons. The van der Waals surface area contributed by atoms with Crippen LogP contribution in [0.25, 0.3) is 88.0 Å². The van der Waals surface area contributed by atoms with Crippen LogP contribution in [0, 0.1) is 0 Å². The maximum atomic E-state index is 9.35. The highest BCUT2D eigenvalue weighted by atomic mass is 16.3. The van der Waals surface area contributed by atoms with Gasteiger partial charge in [-0.2, -0.15) is 0 Å². The van der Waals surface area contributed by atoms with Crippen LogP contribution >= 0.6 is 0 Å². The average Bonchev–Trinajstić information content (AvgIpc) is 3.64. The van der Waals surface area contributed by atoms with E-state index in [1.807, 2.05) is 78.9 Å². The summed E-state index contributed by atoms with van der Waals surface area (Å²) < 4.78 is 109. The minimum Gasteiger partial charge on any atom is -0.456 e.